The van der Waals surface area contributed by atoms with Gasteiger partial charge < -0.3 is 14.7 Å². The third kappa shape index (κ3) is 4.01. The predicted molar refractivity (Wildman–Crippen MR) is 84.0 cm³/mol. The standard InChI is InChI=1S/C16H18ClNO4/c1-10(2)13-5-12(17)3-4-14(13)22-9-11-7-18(8-11)15(19)6-16(20)21/h3-5,11H,1,6-9H2,2H3,(H,20,21). The van der Waals surface area contributed by atoms with E-state index in [2.05, 4.69) is 6.58 Å². The number of carboxylic acids is 1. The first-order valence-corrected chi connectivity index (χ1v) is 7.32. The highest BCUT2D eigenvalue weighted by Gasteiger charge is 2.31. The lowest BCUT2D eigenvalue weighted by Gasteiger charge is -2.38. The Labute approximate surface area is 134 Å². The molecule has 0 saturated carbocycles. The van der Waals surface area contributed by atoms with Gasteiger partial charge in [-0.05, 0) is 30.7 Å². The largest absolute Gasteiger partial charge is 0.493 e. The second-order valence-corrected chi connectivity index (χ2v) is 5.90. The van der Waals surface area contributed by atoms with Crippen LogP contribution in [0.25, 0.3) is 5.57 Å². The Morgan fingerprint density at radius 2 is 2.14 bits per heavy atom. The summed E-state index contributed by atoms with van der Waals surface area (Å²) in [7, 11) is 0. The van der Waals surface area contributed by atoms with E-state index in [0.29, 0.717) is 30.5 Å². The molecule has 1 aliphatic rings. The number of carboxylic acid groups (broad SMARTS) is 1. The van der Waals surface area contributed by atoms with Gasteiger partial charge in [-0.25, -0.2) is 0 Å². The number of nitrogens with zero attached hydrogens (tertiary/aromatic N) is 1. The highest BCUT2D eigenvalue weighted by Crippen LogP contribution is 2.29. The monoisotopic (exact) mass is 323 g/mol. The van der Waals surface area contributed by atoms with E-state index >= 15 is 0 Å². The summed E-state index contributed by atoms with van der Waals surface area (Å²) >= 11 is 5.97. The SMILES string of the molecule is C=C(C)c1cc(Cl)ccc1OCC1CN(C(=O)CC(=O)O)C1. The van der Waals surface area contributed by atoms with Crippen LogP contribution in [0.15, 0.2) is 24.8 Å². The predicted octanol–water partition coefficient (Wildman–Crippen LogP) is 2.68. The molecule has 118 valence electrons. The Morgan fingerprint density at radius 1 is 1.45 bits per heavy atom. The Kier molecular flexibility index (Phi) is 5.08. The van der Waals surface area contributed by atoms with Crippen molar-refractivity contribution in [3.63, 3.8) is 0 Å². The lowest BCUT2D eigenvalue weighted by atomic mass is 10.0. The van der Waals surface area contributed by atoms with E-state index in [1.54, 1.807) is 12.1 Å². The molecule has 1 aromatic carbocycles. The van der Waals surface area contributed by atoms with Crippen LogP contribution in [0.2, 0.25) is 5.02 Å². The number of hydrogen-bond donors (Lipinski definition) is 1. The molecule has 2 rings (SSSR count). The number of amides is 1. The molecule has 22 heavy (non-hydrogen) atoms. The van der Waals surface area contributed by atoms with E-state index in [0.717, 1.165) is 11.1 Å². The third-order valence-corrected chi connectivity index (χ3v) is 3.72. The molecule has 1 aliphatic heterocycles. The van der Waals surface area contributed by atoms with Crippen LogP contribution in [-0.2, 0) is 9.59 Å². The normalized spacial score (nSPS) is 14.4. The lowest BCUT2D eigenvalue weighted by Crippen LogP contribution is -2.52. The second kappa shape index (κ2) is 6.83. The molecule has 1 heterocycles. The van der Waals surface area contributed by atoms with Gasteiger partial charge in [-0.15, -0.1) is 0 Å². The number of aliphatic carboxylic acids is 1. The Morgan fingerprint density at radius 3 is 2.73 bits per heavy atom. The molecule has 6 heteroatoms. The van der Waals surface area contributed by atoms with Crippen molar-refractivity contribution in [2.45, 2.75) is 13.3 Å². The number of rotatable bonds is 6. The van der Waals surface area contributed by atoms with Crippen molar-refractivity contribution in [3.8, 4) is 5.75 Å². The minimum absolute atomic E-state index is 0.214. The molecule has 0 atom stereocenters. The first-order chi connectivity index (χ1) is 10.4. The average Bonchev–Trinajstić information content (AvgIpc) is 2.37. The number of carbonyl (C=O) groups excluding carboxylic acids is 1. The van der Waals surface area contributed by atoms with E-state index in [4.69, 9.17) is 21.4 Å². The number of benzene rings is 1. The molecule has 0 radical (unpaired) electrons. The third-order valence-electron chi connectivity index (χ3n) is 3.49. The summed E-state index contributed by atoms with van der Waals surface area (Å²) in [5.74, 6) is -0.520. The van der Waals surface area contributed by atoms with Crippen molar-refractivity contribution >= 4 is 29.1 Å². The van der Waals surface area contributed by atoms with Gasteiger partial charge in [-0.1, -0.05) is 18.2 Å². The molecular formula is C16H18ClNO4. The number of hydrogen-bond acceptors (Lipinski definition) is 3. The van der Waals surface area contributed by atoms with Crippen molar-refractivity contribution in [2.75, 3.05) is 19.7 Å². The van der Waals surface area contributed by atoms with Crippen molar-refractivity contribution in [1.82, 2.24) is 4.90 Å². The molecule has 0 aliphatic carbocycles. The van der Waals surface area contributed by atoms with Gasteiger partial charge in [0.15, 0.2) is 0 Å². The summed E-state index contributed by atoms with van der Waals surface area (Å²) in [5.41, 5.74) is 1.73. The highest BCUT2D eigenvalue weighted by molar-refractivity contribution is 6.30. The molecule has 1 saturated heterocycles. The summed E-state index contributed by atoms with van der Waals surface area (Å²) in [6.45, 7) is 7.32. The zero-order valence-corrected chi connectivity index (χ0v) is 13.1. The van der Waals surface area contributed by atoms with Gasteiger partial charge in [0.05, 0.1) is 6.61 Å². The maximum Gasteiger partial charge on any atom is 0.312 e. The van der Waals surface area contributed by atoms with Crippen LogP contribution in [0, 0.1) is 5.92 Å². The summed E-state index contributed by atoms with van der Waals surface area (Å²) in [5, 5.41) is 9.21. The van der Waals surface area contributed by atoms with Crippen LogP contribution in [0.5, 0.6) is 5.75 Å². The van der Waals surface area contributed by atoms with Gasteiger partial charge in [0.25, 0.3) is 0 Å². The maximum atomic E-state index is 11.5. The van der Waals surface area contributed by atoms with Crippen LogP contribution < -0.4 is 4.74 Å². The fraction of sp³-hybridized carbons (Fsp3) is 0.375. The minimum atomic E-state index is -1.10. The molecule has 1 aromatic rings. The van der Waals surface area contributed by atoms with Gasteiger partial charge in [-0.2, -0.15) is 0 Å². The number of ether oxygens (including phenoxy) is 1. The van der Waals surface area contributed by atoms with Crippen molar-refractivity contribution in [3.05, 3.63) is 35.4 Å². The molecule has 5 nitrogen and oxygen atoms in total. The summed E-state index contributed by atoms with van der Waals surface area (Å²) in [4.78, 5) is 23.5. The van der Waals surface area contributed by atoms with Crippen molar-refractivity contribution in [2.24, 2.45) is 5.92 Å². The van der Waals surface area contributed by atoms with Gasteiger partial charge >= 0.3 is 5.97 Å². The molecule has 1 amide bonds. The van der Waals surface area contributed by atoms with Crippen LogP contribution in [0.1, 0.15) is 18.9 Å². The Bertz CT molecular complexity index is 608. The van der Waals surface area contributed by atoms with Gasteiger partial charge in [-0.3, -0.25) is 9.59 Å². The molecule has 0 unspecified atom stereocenters. The quantitative estimate of drug-likeness (QED) is 0.817. The summed E-state index contributed by atoms with van der Waals surface area (Å²) < 4.78 is 5.79. The minimum Gasteiger partial charge on any atom is -0.493 e. The van der Waals surface area contributed by atoms with E-state index in [-0.39, 0.29) is 11.8 Å². The van der Waals surface area contributed by atoms with Crippen LogP contribution in [0.3, 0.4) is 0 Å². The van der Waals surface area contributed by atoms with Gasteiger partial charge in [0.2, 0.25) is 5.91 Å². The Balaban J connectivity index is 1.85. The van der Waals surface area contributed by atoms with Crippen molar-refractivity contribution < 1.29 is 19.4 Å². The number of allylic oxidation sites excluding steroid dienone is 1. The van der Waals surface area contributed by atoms with Gasteiger partial charge in [0, 0.05) is 29.6 Å². The van der Waals surface area contributed by atoms with Gasteiger partial charge in [0.1, 0.15) is 12.2 Å². The first kappa shape index (κ1) is 16.4. The fourth-order valence-corrected chi connectivity index (χ4v) is 2.46. The number of carbonyl (C=O) groups is 2. The molecule has 1 fully saturated rings. The zero-order chi connectivity index (χ0) is 16.3. The smallest absolute Gasteiger partial charge is 0.312 e. The van der Waals surface area contributed by atoms with Crippen LogP contribution in [-0.4, -0.2) is 41.6 Å². The van der Waals surface area contributed by atoms with E-state index in [9.17, 15) is 9.59 Å². The second-order valence-electron chi connectivity index (χ2n) is 5.47. The van der Waals surface area contributed by atoms with Crippen LogP contribution in [0.4, 0.5) is 0 Å². The Hall–Kier alpha value is -2.01. The highest BCUT2D eigenvalue weighted by atomic mass is 35.5. The fourth-order valence-electron chi connectivity index (χ4n) is 2.29. The van der Waals surface area contributed by atoms with E-state index < -0.39 is 12.4 Å². The summed E-state index contributed by atoms with van der Waals surface area (Å²) in [6, 6.07) is 5.37. The molecular weight excluding hydrogens is 306 g/mol. The average molecular weight is 324 g/mol. The lowest BCUT2D eigenvalue weighted by molar-refractivity contribution is -0.147. The number of likely N-dealkylation sites (tertiary alicyclic amines) is 1. The molecule has 0 bridgehead atoms. The molecule has 1 N–H and O–H groups in total. The van der Waals surface area contributed by atoms with Crippen LogP contribution >= 0.6 is 11.6 Å². The van der Waals surface area contributed by atoms with Crippen molar-refractivity contribution in [1.29, 1.82) is 0 Å². The topological polar surface area (TPSA) is 66.8 Å². The molecule has 0 aromatic heterocycles. The van der Waals surface area contributed by atoms with E-state index in [1.165, 1.54) is 4.90 Å². The zero-order valence-electron chi connectivity index (χ0n) is 12.3. The summed E-state index contributed by atoms with van der Waals surface area (Å²) in [6.07, 6.45) is -0.454. The maximum absolute atomic E-state index is 11.5. The first-order valence-electron chi connectivity index (χ1n) is 6.94. The molecule has 0 spiro atoms. The van der Waals surface area contributed by atoms with E-state index in [1.807, 2.05) is 13.0 Å². The number of halogens is 1.